The van der Waals surface area contributed by atoms with Gasteiger partial charge in [-0.05, 0) is 64.4 Å². The maximum Gasteiger partial charge on any atom is 0.412 e. The predicted molar refractivity (Wildman–Crippen MR) is 157 cm³/mol. The first-order chi connectivity index (χ1) is 19.4. The lowest BCUT2D eigenvalue weighted by molar-refractivity contribution is -0.156. The molecule has 0 spiro atoms. The summed E-state index contributed by atoms with van der Waals surface area (Å²) in [5.74, 6) is -0.496. The van der Waals surface area contributed by atoms with Crippen LogP contribution in [0.5, 0.6) is 0 Å². The summed E-state index contributed by atoms with van der Waals surface area (Å²) >= 11 is 0. The van der Waals surface area contributed by atoms with Gasteiger partial charge in [-0.15, -0.1) is 0 Å². The highest BCUT2D eigenvalue weighted by Gasteiger charge is 2.52. The summed E-state index contributed by atoms with van der Waals surface area (Å²) in [6.45, 7) is 8.72. The van der Waals surface area contributed by atoms with Crippen molar-refractivity contribution in [3.05, 3.63) is 96.6 Å². The Morgan fingerprint density at radius 3 is 1.90 bits per heavy atom. The molecule has 0 aromatic heterocycles. The van der Waals surface area contributed by atoms with Crippen molar-refractivity contribution in [1.29, 1.82) is 0 Å². The standard InChI is InChI=1S/C32H38NO7P/c1-31(2,3)40-29(34)21-27-28(39-32(4,5)33(27)30(35)37-22-24-15-9-6-10-16-24)23-38-41(36,25-17-11-7-12-18-25)26-19-13-8-14-20-26/h6-20,27-28H,21-23H2,1-5H3. The van der Waals surface area contributed by atoms with Crippen molar-refractivity contribution in [3.8, 4) is 0 Å². The number of nitrogens with zero attached hydrogens (tertiary/aromatic N) is 1. The molecule has 0 aliphatic carbocycles. The highest BCUT2D eigenvalue weighted by atomic mass is 31.2. The molecule has 0 bridgehead atoms. The Morgan fingerprint density at radius 1 is 0.878 bits per heavy atom. The summed E-state index contributed by atoms with van der Waals surface area (Å²) in [5, 5.41) is 1.07. The summed E-state index contributed by atoms with van der Waals surface area (Å²) in [4.78, 5) is 27.9. The largest absolute Gasteiger partial charge is 0.460 e. The van der Waals surface area contributed by atoms with E-state index >= 15 is 0 Å². The molecule has 218 valence electrons. The number of carbonyl (C=O) groups excluding carboxylic acids is 2. The lowest BCUT2D eigenvalue weighted by atomic mass is 10.1. The van der Waals surface area contributed by atoms with Crippen molar-refractivity contribution < 1.29 is 32.9 Å². The van der Waals surface area contributed by atoms with Crippen LogP contribution >= 0.6 is 7.37 Å². The normalized spacial score (nSPS) is 18.6. The van der Waals surface area contributed by atoms with Crippen molar-refractivity contribution in [1.82, 2.24) is 4.90 Å². The van der Waals surface area contributed by atoms with Gasteiger partial charge in [-0.3, -0.25) is 14.3 Å². The molecule has 1 aliphatic heterocycles. The molecular formula is C32H38NO7P. The maximum absolute atomic E-state index is 14.5. The van der Waals surface area contributed by atoms with Gasteiger partial charge in [0.2, 0.25) is 0 Å². The summed E-state index contributed by atoms with van der Waals surface area (Å²) in [6, 6.07) is 26.5. The van der Waals surface area contributed by atoms with Crippen LogP contribution in [-0.4, -0.2) is 47.0 Å². The summed E-state index contributed by atoms with van der Waals surface area (Å²) < 4.78 is 38.3. The van der Waals surface area contributed by atoms with Gasteiger partial charge in [-0.25, -0.2) is 4.79 Å². The fourth-order valence-electron chi connectivity index (χ4n) is 4.86. The van der Waals surface area contributed by atoms with E-state index in [9.17, 15) is 14.2 Å². The lowest BCUT2D eigenvalue weighted by Gasteiger charge is -2.33. The number of carbonyl (C=O) groups is 2. The highest BCUT2D eigenvalue weighted by molar-refractivity contribution is 7.74. The average Bonchev–Trinajstić information content (AvgIpc) is 3.19. The molecule has 1 amide bonds. The second kappa shape index (κ2) is 12.6. The van der Waals surface area contributed by atoms with E-state index < -0.39 is 42.9 Å². The summed E-state index contributed by atoms with van der Waals surface area (Å²) in [7, 11) is -3.54. The SMILES string of the molecule is CC(C)(C)OC(=O)CC1C(COP(=O)(c2ccccc2)c2ccccc2)OC(C)(C)N1C(=O)OCc1ccccc1. The second-order valence-corrected chi connectivity index (χ2v) is 13.8. The first-order valence-corrected chi connectivity index (χ1v) is 15.3. The van der Waals surface area contributed by atoms with Crippen molar-refractivity contribution >= 4 is 30.0 Å². The zero-order chi connectivity index (χ0) is 29.7. The van der Waals surface area contributed by atoms with Crippen LogP contribution in [0.15, 0.2) is 91.0 Å². The molecule has 1 saturated heterocycles. The predicted octanol–water partition coefficient (Wildman–Crippen LogP) is 5.81. The Kier molecular flexibility index (Phi) is 9.37. The van der Waals surface area contributed by atoms with Crippen molar-refractivity contribution in [2.75, 3.05) is 6.61 Å². The molecule has 1 fully saturated rings. The second-order valence-electron chi connectivity index (χ2n) is 11.4. The molecular weight excluding hydrogens is 541 g/mol. The van der Waals surface area contributed by atoms with Crippen LogP contribution in [0.4, 0.5) is 4.79 Å². The van der Waals surface area contributed by atoms with E-state index in [0.29, 0.717) is 10.6 Å². The first kappa shape index (κ1) is 30.5. The smallest absolute Gasteiger partial charge is 0.412 e. The molecule has 2 unspecified atom stereocenters. The minimum absolute atomic E-state index is 0.0593. The third-order valence-electron chi connectivity index (χ3n) is 6.59. The quantitative estimate of drug-likeness (QED) is 0.234. The van der Waals surface area contributed by atoms with Crippen LogP contribution in [-0.2, 0) is 34.7 Å². The van der Waals surface area contributed by atoms with E-state index in [2.05, 4.69) is 0 Å². The van der Waals surface area contributed by atoms with Gasteiger partial charge in [0.15, 0.2) is 0 Å². The zero-order valence-corrected chi connectivity index (χ0v) is 25.1. The van der Waals surface area contributed by atoms with Crippen LogP contribution < -0.4 is 10.6 Å². The summed E-state index contributed by atoms with van der Waals surface area (Å²) in [6.07, 6.45) is -1.58. The van der Waals surface area contributed by atoms with Gasteiger partial charge in [0.25, 0.3) is 7.37 Å². The van der Waals surface area contributed by atoms with Gasteiger partial charge in [-0.1, -0.05) is 66.7 Å². The Hall–Kier alpha value is -3.45. The van der Waals surface area contributed by atoms with Crippen LogP contribution in [0.25, 0.3) is 0 Å². The average molecular weight is 580 g/mol. The van der Waals surface area contributed by atoms with Crippen molar-refractivity contribution in [2.24, 2.45) is 0 Å². The zero-order valence-electron chi connectivity index (χ0n) is 24.2. The van der Waals surface area contributed by atoms with Gasteiger partial charge < -0.3 is 18.7 Å². The van der Waals surface area contributed by atoms with Crippen LogP contribution in [0.3, 0.4) is 0 Å². The van der Waals surface area contributed by atoms with Gasteiger partial charge >= 0.3 is 12.1 Å². The Balaban J connectivity index is 1.61. The number of benzene rings is 3. The minimum atomic E-state index is -3.54. The third-order valence-corrected chi connectivity index (χ3v) is 9.06. The number of amides is 1. The molecule has 1 aliphatic rings. The molecule has 41 heavy (non-hydrogen) atoms. The van der Waals surface area contributed by atoms with Crippen molar-refractivity contribution in [2.45, 2.75) is 71.1 Å². The monoisotopic (exact) mass is 579 g/mol. The molecule has 0 radical (unpaired) electrons. The topological polar surface area (TPSA) is 91.4 Å². The number of esters is 1. The molecule has 3 aromatic rings. The van der Waals surface area contributed by atoms with E-state index in [4.69, 9.17) is 18.7 Å². The van der Waals surface area contributed by atoms with E-state index in [1.165, 1.54) is 4.90 Å². The molecule has 1 heterocycles. The van der Waals surface area contributed by atoms with Crippen LogP contribution in [0.2, 0.25) is 0 Å². The van der Waals surface area contributed by atoms with Gasteiger partial charge in [0.05, 0.1) is 19.1 Å². The Labute approximate surface area is 242 Å². The fourth-order valence-corrected chi connectivity index (χ4v) is 6.94. The Morgan fingerprint density at radius 2 is 1.39 bits per heavy atom. The first-order valence-electron chi connectivity index (χ1n) is 13.6. The van der Waals surface area contributed by atoms with Crippen LogP contribution in [0, 0.1) is 0 Å². The molecule has 0 saturated carbocycles. The third kappa shape index (κ3) is 7.64. The number of hydrogen-bond acceptors (Lipinski definition) is 7. The maximum atomic E-state index is 14.5. The molecule has 3 aromatic carbocycles. The van der Waals surface area contributed by atoms with Gasteiger partial charge in [0.1, 0.15) is 24.0 Å². The Bertz CT molecular complexity index is 1310. The molecule has 4 rings (SSSR count). The lowest BCUT2D eigenvalue weighted by Crippen LogP contribution is -2.50. The van der Waals surface area contributed by atoms with Crippen LogP contribution in [0.1, 0.15) is 46.6 Å². The molecule has 0 N–H and O–H groups in total. The summed E-state index contributed by atoms with van der Waals surface area (Å²) in [5.41, 5.74) is -1.03. The van der Waals surface area contributed by atoms with E-state index in [1.807, 2.05) is 42.5 Å². The minimum Gasteiger partial charge on any atom is -0.460 e. The van der Waals surface area contributed by atoms with Gasteiger partial charge in [0, 0.05) is 10.6 Å². The fraction of sp³-hybridized carbons (Fsp3) is 0.375. The number of rotatable bonds is 9. The molecule has 9 heteroatoms. The molecule has 2 atom stereocenters. The van der Waals surface area contributed by atoms with Crippen molar-refractivity contribution in [3.63, 3.8) is 0 Å². The number of ether oxygens (including phenoxy) is 3. The van der Waals surface area contributed by atoms with E-state index in [1.54, 1.807) is 83.1 Å². The van der Waals surface area contributed by atoms with Gasteiger partial charge in [-0.2, -0.15) is 0 Å². The van der Waals surface area contributed by atoms with E-state index in [0.717, 1.165) is 5.56 Å². The number of hydrogen-bond donors (Lipinski definition) is 0. The highest BCUT2D eigenvalue weighted by Crippen LogP contribution is 2.46. The molecule has 8 nitrogen and oxygen atoms in total. The van der Waals surface area contributed by atoms with E-state index in [-0.39, 0.29) is 19.6 Å².